The lowest BCUT2D eigenvalue weighted by atomic mass is 9.83. The van der Waals surface area contributed by atoms with Gasteiger partial charge in [0.1, 0.15) is 11.5 Å². The van der Waals surface area contributed by atoms with Gasteiger partial charge in [-0.3, -0.25) is 14.3 Å². The highest BCUT2D eigenvalue weighted by Crippen LogP contribution is 2.41. The molecule has 264 valence electrons. The molecule has 4 aromatic rings. The summed E-state index contributed by atoms with van der Waals surface area (Å²) in [6.07, 6.45) is 8.38. The minimum Gasteiger partial charge on any atom is -0.493 e. The summed E-state index contributed by atoms with van der Waals surface area (Å²) in [5.74, 6) is 0.311. The quantitative estimate of drug-likeness (QED) is 0.279. The van der Waals surface area contributed by atoms with Crippen LogP contribution < -0.4 is 9.64 Å². The first-order valence-electron chi connectivity index (χ1n) is 17.3. The van der Waals surface area contributed by atoms with Crippen molar-refractivity contribution in [3.8, 4) is 5.75 Å². The number of rotatable bonds is 9. The molecule has 3 aliphatic heterocycles. The van der Waals surface area contributed by atoms with Crippen molar-refractivity contribution in [3.05, 3.63) is 71.3 Å². The number of amides is 2. The topological polar surface area (TPSA) is 116 Å². The van der Waals surface area contributed by atoms with Crippen LogP contribution in [0.5, 0.6) is 5.75 Å². The maximum Gasteiger partial charge on any atom is 0.270 e. The fourth-order valence-corrected chi connectivity index (χ4v) is 7.76. The summed E-state index contributed by atoms with van der Waals surface area (Å²) >= 11 is 0. The molecule has 1 aromatic carbocycles. The Morgan fingerprint density at radius 3 is 2.62 bits per heavy atom. The molecule has 1 N–H and O–H groups in total. The van der Waals surface area contributed by atoms with Gasteiger partial charge >= 0.3 is 0 Å². The number of aromatic nitrogens is 5. The van der Waals surface area contributed by atoms with Crippen molar-refractivity contribution in [2.75, 3.05) is 71.4 Å². The van der Waals surface area contributed by atoms with E-state index in [1.54, 1.807) is 26.9 Å². The van der Waals surface area contributed by atoms with Crippen molar-refractivity contribution >= 4 is 34.1 Å². The number of carbonyl (C=O) groups is 2. The summed E-state index contributed by atoms with van der Waals surface area (Å²) in [5, 5.41) is 8.48. The third-order valence-corrected chi connectivity index (χ3v) is 10.4. The molecule has 0 aliphatic carbocycles. The molecule has 6 heterocycles. The van der Waals surface area contributed by atoms with E-state index in [4.69, 9.17) is 4.74 Å². The van der Waals surface area contributed by atoms with Gasteiger partial charge in [0.05, 0.1) is 31.6 Å². The number of halogens is 2. The van der Waals surface area contributed by atoms with Gasteiger partial charge in [-0.25, -0.2) is 13.8 Å². The molecule has 3 aliphatic rings. The zero-order chi connectivity index (χ0) is 34.9. The smallest absolute Gasteiger partial charge is 0.270 e. The van der Waals surface area contributed by atoms with Gasteiger partial charge in [-0.1, -0.05) is 24.6 Å². The van der Waals surface area contributed by atoms with Crippen LogP contribution in [-0.2, 0) is 11.3 Å². The predicted octanol–water partition coefficient (Wildman–Crippen LogP) is 4.16. The number of ether oxygens (including phenoxy) is 1. The molecule has 2 unspecified atom stereocenters. The Kier molecular flexibility index (Phi) is 9.54. The number of likely N-dealkylation sites (tertiary alicyclic amines) is 1. The average Bonchev–Trinajstić information content (AvgIpc) is 3.91. The number of pyridine rings is 1. The van der Waals surface area contributed by atoms with Gasteiger partial charge in [0.2, 0.25) is 5.91 Å². The Morgan fingerprint density at radius 1 is 1.06 bits per heavy atom. The van der Waals surface area contributed by atoms with Gasteiger partial charge in [-0.05, 0) is 42.7 Å². The number of benzene rings is 1. The van der Waals surface area contributed by atoms with Crippen LogP contribution in [0, 0.1) is 17.6 Å². The van der Waals surface area contributed by atoms with Crippen LogP contribution in [0.25, 0.3) is 16.5 Å². The van der Waals surface area contributed by atoms with Crippen molar-refractivity contribution in [2.45, 2.75) is 38.6 Å². The summed E-state index contributed by atoms with van der Waals surface area (Å²) < 4.78 is 37.4. The van der Waals surface area contributed by atoms with Gasteiger partial charge in [0, 0.05) is 87.9 Å². The van der Waals surface area contributed by atoms with Crippen LogP contribution in [0.15, 0.2) is 42.9 Å². The lowest BCUT2D eigenvalue weighted by Crippen LogP contribution is -2.49. The molecular formula is C36H43F2N9O3. The van der Waals surface area contributed by atoms with Crippen LogP contribution in [0.4, 0.5) is 14.6 Å². The number of hydrogen-bond donors (Lipinski definition) is 1. The molecule has 0 radical (unpaired) electrons. The van der Waals surface area contributed by atoms with Crippen molar-refractivity contribution in [3.63, 3.8) is 0 Å². The number of aromatic amines is 1. The maximum absolute atomic E-state index is 16.7. The van der Waals surface area contributed by atoms with Crippen LogP contribution in [0.1, 0.15) is 53.7 Å². The van der Waals surface area contributed by atoms with Crippen molar-refractivity contribution in [1.82, 2.24) is 39.7 Å². The van der Waals surface area contributed by atoms with Crippen LogP contribution in [0.3, 0.4) is 0 Å². The van der Waals surface area contributed by atoms with Crippen LogP contribution >= 0.6 is 0 Å². The standard InChI is InChI=1S/C36H43F2N9O3/c1-4-23-20-43(2)22-29(23)27-17-26(24-6-5-9-46(21-24)32(48)7-10-47-11-8-40-42-47)33(38)34-28(27)18-30(41-34)36(49)45-14-12-44(13-15-45)35-31(50-3)16-25(37)19-39-35/h6,8,11,16-19,23,29,41H,4-5,7,9-10,12-15,20-22H2,1-3H3. The molecule has 2 saturated heterocycles. The zero-order valence-corrected chi connectivity index (χ0v) is 28.7. The van der Waals surface area contributed by atoms with Gasteiger partial charge in [-0.2, -0.15) is 0 Å². The second kappa shape index (κ2) is 14.2. The number of aryl methyl sites for hydroxylation is 1. The van der Waals surface area contributed by atoms with Crippen LogP contribution in [0.2, 0.25) is 0 Å². The van der Waals surface area contributed by atoms with Gasteiger partial charge in [0.15, 0.2) is 17.4 Å². The van der Waals surface area contributed by atoms with E-state index < -0.39 is 11.6 Å². The molecule has 0 spiro atoms. The van der Waals surface area contributed by atoms with Gasteiger partial charge in [-0.15, -0.1) is 5.10 Å². The Bertz CT molecular complexity index is 1900. The molecule has 3 aromatic heterocycles. The van der Waals surface area contributed by atoms with E-state index in [0.29, 0.717) is 86.5 Å². The first kappa shape index (κ1) is 33.6. The van der Waals surface area contributed by atoms with Crippen molar-refractivity contribution in [2.24, 2.45) is 5.92 Å². The number of nitrogens with zero attached hydrogens (tertiary/aromatic N) is 8. The number of fused-ring (bicyclic) bond motifs is 1. The van der Waals surface area contributed by atoms with E-state index in [0.717, 1.165) is 42.2 Å². The highest BCUT2D eigenvalue weighted by Gasteiger charge is 2.35. The third kappa shape index (κ3) is 6.55. The van der Waals surface area contributed by atoms with E-state index in [1.165, 1.54) is 13.2 Å². The van der Waals surface area contributed by atoms with Crippen LogP contribution in [-0.4, -0.2) is 118 Å². The summed E-state index contributed by atoms with van der Waals surface area (Å²) in [7, 11) is 3.59. The molecule has 12 nitrogen and oxygen atoms in total. The number of carbonyl (C=O) groups excluding carboxylic acids is 2. The lowest BCUT2D eigenvalue weighted by Gasteiger charge is -2.35. The second-order valence-corrected chi connectivity index (χ2v) is 13.5. The highest BCUT2D eigenvalue weighted by molar-refractivity contribution is 6.00. The minimum atomic E-state index is -0.479. The first-order valence-corrected chi connectivity index (χ1v) is 17.3. The summed E-state index contributed by atoms with van der Waals surface area (Å²) in [4.78, 5) is 42.4. The average molecular weight is 688 g/mol. The number of likely N-dealkylation sites (N-methyl/N-ethyl adjacent to an activating group) is 1. The predicted molar refractivity (Wildman–Crippen MR) is 185 cm³/mol. The van der Waals surface area contributed by atoms with E-state index in [9.17, 15) is 14.0 Å². The molecule has 2 amide bonds. The largest absolute Gasteiger partial charge is 0.493 e. The maximum atomic E-state index is 16.7. The first-order chi connectivity index (χ1) is 24.2. The zero-order valence-electron chi connectivity index (χ0n) is 28.7. The molecule has 7 rings (SSSR count). The Hall–Kier alpha value is -4.85. The van der Waals surface area contributed by atoms with Crippen molar-refractivity contribution in [1.29, 1.82) is 0 Å². The Labute approximate surface area is 289 Å². The number of anilines is 1. The van der Waals surface area contributed by atoms with Gasteiger partial charge in [0.25, 0.3) is 5.91 Å². The van der Waals surface area contributed by atoms with E-state index in [-0.39, 0.29) is 24.2 Å². The number of nitrogens with one attached hydrogen (secondary N) is 1. The van der Waals surface area contributed by atoms with Gasteiger partial charge < -0.3 is 29.3 Å². The molecule has 50 heavy (non-hydrogen) atoms. The Morgan fingerprint density at radius 2 is 1.88 bits per heavy atom. The summed E-state index contributed by atoms with van der Waals surface area (Å²) in [5.41, 5.74) is 2.93. The lowest BCUT2D eigenvalue weighted by molar-refractivity contribution is -0.131. The fraction of sp³-hybridized carbons (Fsp3) is 0.472. The molecule has 0 saturated carbocycles. The number of methoxy groups -OCH3 is 1. The summed E-state index contributed by atoms with van der Waals surface area (Å²) in [6, 6.07) is 5.09. The number of H-pyrrole nitrogens is 1. The minimum absolute atomic E-state index is 0.0159. The normalized spacial score (nSPS) is 20.1. The monoisotopic (exact) mass is 687 g/mol. The Balaban J connectivity index is 1.16. The fourth-order valence-electron chi connectivity index (χ4n) is 7.76. The SMILES string of the molecule is CCC1CN(C)CC1c1cc(C2=CCCN(C(=O)CCn3ccnn3)C2)c(F)c2[nH]c(C(=O)N3CCN(c4ncc(F)cc4OC)CC3)cc12. The van der Waals surface area contributed by atoms with E-state index >= 15 is 4.39 Å². The molecule has 2 fully saturated rings. The van der Waals surface area contributed by atoms with E-state index in [2.05, 4.69) is 39.2 Å². The molecule has 2 atom stereocenters. The number of piperazine rings is 1. The molecule has 0 bridgehead atoms. The third-order valence-electron chi connectivity index (χ3n) is 10.4. The highest BCUT2D eigenvalue weighted by atomic mass is 19.1. The molecule has 14 heteroatoms. The second-order valence-electron chi connectivity index (χ2n) is 13.5. The molecular weight excluding hydrogens is 644 g/mol. The van der Waals surface area contributed by atoms with Crippen molar-refractivity contribution < 1.29 is 23.1 Å². The van der Waals surface area contributed by atoms with E-state index in [1.807, 2.05) is 23.1 Å². The summed E-state index contributed by atoms with van der Waals surface area (Å²) in [6.45, 7) is 7.07. The number of hydrogen-bond acceptors (Lipinski definition) is 8.